The lowest BCUT2D eigenvalue weighted by Gasteiger charge is -2.08. The molecule has 0 radical (unpaired) electrons. The van der Waals surface area contributed by atoms with Gasteiger partial charge in [-0.3, -0.25) is 4.79 Å². The second-order valence-electron chi connectivity index (χ2n) is 2.93. The van der Waals surface area contributed by atoms with Crippen LogP contribution in [0, 0.1) is 0 Å². The van der Waals surface area contributed by atoms with Gasteiger partial charge in [-0.05, 0) is 24.1 Å². The predicted octanol–water partition coefficient (Wildman–Crippen LogP) is 3.28. The van der Waals surface area contributed by atoms with Crippen LogP contribution in [0.3, 0.4) is 0 Å². The third kappa shape index (κ3) is 3.42. The molecule has 2 N–H and O–H groups in total. The quantitative estimate of drug-likeness (QED) is 0.672. The molecule has 1 amide bonds. The minimum atomic E-state index is -0.806. The first-order valence-corrected chi connectivity index (χ1v) is 5.55. The van der Waals surface area contributed by atoms with Crippen molar-refractivity contribution in [1.82, 2.24) is 0 Å². The molecule has 0 bridgehead atoms. The maximum atomic E-state index is 10.8. The third-order valence-electron chi connectivity index (χ3n) is 1.80. The minimum Gasteiger partial charge on any atom is -0.368 e. The van der Waals surface area contributed by atoms with Crippen molar-refractivity contribution in [3.63, 3.8) is 0 Å². The van der Waals surface area contributed by atoms with Gasteiger partial charge in [-0.1, -0.05) is 34.8 Å². The summed E-state index contributed by atoms with van der Waals surface area (Å²) in [7, 11) is 0. The highest BCUT2D eigenvalue weighted by Gasteiger charge is 2.15. The number of hydrogen-bond acceptors (Lipinski definition) is 1. The van der Waals surface area contributed by atoms with Crippen molar-refractivity contribution in [1.29, 1.82) is 0 Å². The summed E-state index contributed by atoms with van der Waals surface area (Å²) in [6.45, 7) is 0. The molecule has 0 spiro atoms. The van der Waals surface area contributed by atoms with Gasteiger partial charge >= 0.3 is 0 Å². The van der Waals surface area contributed by atoms with Crippen molar-refractivity contribution in [2.75, 3.05) is 0 Å². The third-order valence-corrected chi connectivity index (χ3v) is 3.24. The summed E-state index contributed by atoms with van der Waals surface area (Å²) in [4.78, 5) is 10.8. The maximum Gasteiger partial charge on any atom is 0.235 e. The fourth-order valence-electron chi connectivity index (χ4n) is 1.01. The van der Waals surface area contributed by atoms with E-state index in [1.54, 1.807) is 6.07 Å². The van der Waals surface area contributed by atoms with E-state index in [1.165, 1.54) is 6.07 Å². The Labute approximate surface area is 107 Å². The van der Waals surface area contributed by atoms with Gasteiger partial charge in [0.1, 0.15) is 5.38 Å². The fraction of sp³-hybridized carbons (Fsp3) is 0.222. The molecule has 0 saturated carbocycles. The van der Waals surface area contributed by atoms with E-state index >= 15 is 0 Å². The molecule has 1 rings (SSSR count). The topological polar surface area (TPSA) is 43.1 Å². The summed E-state index contributed by atoms with van der Waals surface area (Å²) in [6, 6.07) is 3.08. The Morgan fingerprint density at radius 3 is 2.27 bits per heavy atom. The van der Waals surface area contributed by atoms with E-state index < -0.39 is 11.3 Å². The van der Waals surface area contributed by atoms with Gasteiger partial charge in [0.05, 0.1) is 10.0 Å². The molecule has 15 heavy (non-hydrogen) atoms. The summed E-state index contributed by atoms with van der Waals surface area (Å²) >= 11 is 23.1. The second-order valence-corrected chi connectivity index (χ2v) is 4.68. The number of benzene rings is 1. The average Bonchev–Trinajstić information content (AvgIpc) is 2.13. The van der Waals surface area contributed by atoms with Crippen molar-refractivity contribution in [2.24, 2.45) is 5.73 Å². The molecule has 6 heteroatoms. The van der Waals surface area contributed by atoms with E-state index in [0.717, 1.165) is 0 Å². The van der Waals surface area contributed by atoms with Crippen LogP contribution >= 0.6 is 46.4 Å². The van der Waals surface area contributed by atoms with Crippen LogP contribution in [0.4, 0.5) is 0 Å². The molecular weight excluding hydrogens is 280 g/mol. The maximum absolute atomic E-state index is 10.8. The predicted molar refractivity (Wildman–Crippen MR) is 64.0 cm³/mol. The first-order chi connectivity index (χ1) is 6.91. The van der Waals surface area contributed by atoms with Crippen LogP contribution in [0.5, 0.6) is 0 Å². The summed E-state index contributed by atoms with van der Waals surface area (Å²) in [5.74, 6) is -0.598. The summed E-state index contributed by atoms with van der Waals surface area (Å²) < 4.78 is 0. The number of primary amides is 1. The Bertz CT molecular complexity index is 394. The molecule has 0 saturated heterocycles. The normalized spacial score (nSPS) is 12.5. The summed E-state index contributed by atoms with van der Waals surface area (Å²) in [5, 5.41) is 0.330. The van der Waals surface area contributed by atoms with Crippen molar-refractivity contribution in [3.8, 4) is 0 Å². The lowest BCUT2D eigenvalue weighted by atomic mass is 10.1. The number of halogens is 4. The summed E-state index contributed by atoms with van der Waals surface area (Å²) in [6.07, 6.45) is 0.229. The molecular formula is C9H7Cl4NO. The van der Waals surface area contributed by atoms with Crippen molar-refractivity contribution >= 4 is 52.3 Å². The van der Waals surface area contributed by atoms with Gasteiger partial charge in [-0.2, -0.15) is 0 Å². The lowest BCUT2D eigenvalue weighted by Crippen LogP contribution is -2.25. The number of carbonyl (C=O) groups excluding carboxylic acids is 1. The SMILES string of the molecule is NC(=O)C(Cl)Cc1cc(Cl)c(Cl)cc1Cl. The highest BCUT2D eigenvalue weighted by Crippen LogP contribution is 2.30. The van der Waals surface area contributed by atoms with Gasteiger partial charge in [-0.25, -0.2) is 0 Å². The van der Waals surface area contributed by atoms with Crippen LogP contribution in [-0.4, -0.2) is 11.3 Å². The fourth-order valence-corrected chi connectivity index (χ4v) is 1.83. The van der Waals surface area contributed by atoms with E-state index in [1.807, 2.05) is 0 Å². The molecule has 0 aliphatic carbocycles. The molecule has 2 nitrogen and oxygen atoms in total. The average molecular weight is 287 g/mol. The van der Waals surface area contributed by atoms with Gasteiger partial charge in [0, 0.05) is 5.02 Å². The minimum absolute atomic E-state index is 0.229. The molecule has 1 aromatic rings. The zero-order valence-electron chi connectivity index (χ0n) is 7.44. The Balaban J connectivity index is 2.95. The number of alkyl halides is 1. The Kier molecular flexibility index (Phi) is 4.53. The molecule has 1 unspecified atom stereocenters. The van der Waals surface area contributed by atoms with Crippen molar-refractivity contribution in [2.45, 2.75) is 11.8 Å². The van der Waals surface area contributed by atoms with Gasteiger partial charge in [0.2, 0.25) is 5.91 Å². The largest absolute Gasteiger partial charge is 0.368 e. The van der Waals surface area contributed by atoms with E-state index in [-0.39, 0.29) is 6.42 Å². The number of hydrogen-bond donors (Lipinski definition) is 1. The van der Waals surface area contributed by atoms with E-state index in [2.05, 4.69) is 0 Å². The molecule has 0 aliphatic rings. The van der Waals surface area contributed by atoms with Crippen LogP contribution in [0.1, 0.15) is 5.56 Å². The molecule has 1 atom stereocenters. The molecule has 82 valence electrons. The monoisotopic (exact) mass is 285 g/mol. The van der Waals surface area contributed by atoms with Crippen LogP contribution in [-0.2, 0) is 11.2 Å². The van der Waals surface area contributed by atoms with Crippen LogP contribution in [0.2, 0.25) is 15.1 Å². The second kappa shape index (κ2) is 5.26. The molecule has 0 heterocycles. The zero-order valence-corrected chi connectivity index (χ0v) is 10.5. The Morgan fingerprint density at radius 1 is 1.20 bits per heavy atom. The summed E-state index contributed by atoms with van der Waals surface area (Å²) in [5.41, 5.74) is 5.67. The van der Waals surface area contributed by atoms with Crippen molar-refractivity contribution < 1.29 is 4.79 Å². The first kappa shape index (κ1) is 12.9. The van der Waals surface area contributed by atoms with Crippen LogP contribution in [0.15, 0.2) is 12.1 Å². The van der Waals surface area contributed by atoms with E-state index in [9.17, 15) is 4.79 Å². The Hall–Kier alpha value is -0.150. The standard InChI is InChI=1S/C9H7Cl4NO/c10-5-3-7(12)6(11)1-4(5)2-8(13)9(14)15/h1,3,8H,2H2,(H2,14,15). The van der Waals surface area contributed by atoms with Crippen LogP contribution < -0.4 is 5.73 Å². The van der Waals surface area contributed by atoms with Gasteiger partial charge < -0.3 is 5.73 Å². The number of rotatable bonds is 3. The molecule has 0 fully saturated rings. The molecule has 0 aromatic heterocycles. The molecule has 0 aliphatic heterocycles. The highest BCUT2D eigenvalue weighted by molar-refractivity contribution is 6.43. The van der Waals surface area contributed by atoms with E-state index in [0.29, 0.717) is 20.6 Å². The number of amides is 1. The number of nitrogens with two attached hydrogens (primary N) is 1. The zero-order chi connectivity index (χ0) is 11.6. The van der Waals surface area contributed by atoms with Gasteiger partial charge in [0.25, 0.3) is 0 Å². The smallest absolute Gasteiger partial charge is 0.235 e. The number of carbonyl (C=O) groups is 1. The first-order valence-electron chi connectivity index (χ1n) is 3.98. The van der Waals surface area contributed by atoms with Gasteiger partial charge in [0.15, 0.2) is 0 Å². The van der Waals surface area contributed by atoms with Gasteiger partial charge in [-0.15, -0.1) is 11.6 Å². The lowest BCUT2D eigenvalue weighted by molar-refractivity contribution is -0.117. The Morgan fingerprint density at radius 2 is 1.73 bits per heavy atom. The van der Waals surface area contributed by atoms with Crippen molar-refractivity contribution in [3.05, 3.63) is 32.8 Å². The van der Waals surface area contributed by atoms with Crippen LogP contribution in [0.25, 0.3) is 0 Å². The molecule has 1 aromatic carbocycles. The van der Waals surface area contributed by atoms with E-state index in [4.69, 9.17) is 52.1 Å². The highest BCUT2D eigenvalue weighted by atomic mass is 35.5.